The van der Waals surface area contributed by atoms with Gasteiger partial charge in [-0.1, -0.05) is 109 Å². The van der Waals surface area contributed by atoms with Crippen LogP contribution in [0.4, 0.5) is 0 Å². The summed E-state index contributed by atoms with van der Waals surface area (Å²) >= 11 is 0. The molecular formula is C27H52O4. The van der Waals surface area contributed by atoms with Crippen molar-refractivity contribution in [3.8, 4) is 0 Å². The van der Waals surface area contributed by atoms with Crippen molar-refractivity contribution in [3.05, 3.63) is 12.2 Å². The van der Waals surface area contributed by atoms with Crippen molar-refractivity contribution in [1.82, 2.24) is 0 Å². The fourth-order valence-electron chi connectivity index (χ4n) is 3.78. The maximum atomic E-state index is 11.5. The molecule has 0 aromatic rings. The number of carbonyl (C=O) groups excluding carboxylic acids is 1. The number of aliphatic hydroxyl groups excluding tert-OH is 2. The lowest BCUT2D eigenvalue weighted by Crippen LogP contribution is -2.25. The van der Waals surface area contributed by atoms with Gasteiger partial charge in [0, 0.05) is 6.42 Å². The molecule has 0 radical (unpaired) electrons. The number of carbonyl (C=O) groups is 1. The molecule has 0 rings (SSSR count). The van der Waals surface area contributed by atoms with E-state index in [-0.39, 0.29) is 19.2 Å². The van der Waals surface area contributed by atoms with Crippen molar-refractivity contribution < 1.29 is 19.7 Å². The van der Waals surface area contributed by atoms with E-state index in [0.29, 0.717) is 6.42 Å². The van der Waals surface area contributed by atoms with Crippen molar-refractivity contribution in [2.45, 2.75) is 141 Å². The molecule has 0 amide bonds. The van der Waals surface area contributed by atoms with E-state index >= 15 is 0 Å². The first kappa shape index (κ1) is 30.1. The van der Waals surface area contributed by atoms with Crippen LogP contribution in [-0.2, 0) is 9.53 Å². The van der Waals surface area contributed by atoms with Gasteiger partial charge in [0.1, 0.15) is 6.10 Å². The largest absolute Gasteiger partial charge is 0.457 e. The van der Waals surface area contributed by atoms with Crippen LogP contribution in [0.25, 0.3) is 0 Å². The third kappa shape index (κ3) is 23.6. The molecule has 0 atom stereocenters. The molecule has 0 aromatic carbocycles. The minimum absolute atomic E-state index is 0.318. The zero-order chi connectivity index (χ0) is 22.8. The third-order valence-corrected chi connectivity index (χ3v) is 5.85. The van der Waals surface area contributed by atoms with Crippen LogP contribution in [0.1, 0.15) is 135 Å². The van der Waals surface area contributed by atoms with Crippen molar-refractivity contribution in [3.63, 3.8) is 0 Å². The highest BCUT2D eigenvalue weighted by Crippen LogP contribution is 2.13. The molecule has 31 heavy (non-hydrogen) atoms. The van der Waals surface area contributed by atoms with Gasteiger partial charge in [0.25, 0.3) is 0 Å². The lowest BCUT2D eigenvalue weighted by molar-refractivity contribution is -0.153. The molecule has 2 N–H and O–H groups in total. The van der Waals surface area contributed by atoms with Crippen LogP contribution in [0.3, 0.4) is 0 Å². The number of esters is 1. The molecule has 0 aliphatic heterocycles. The number of rotatable bonds is 24. The Bertz CT molecular complexity index is 391. The molecule has 184 valence electrons. The van der Waals surface area contributed by atoms with Crippen LogP contribution < -0.4 is 0 Å². The maximum absolute atomic E-state index is 11.5. The van der Waals surface area contributed by atoms with Gasteiger partial charge in [-0.15, -0.1) is 0 Å². The topological polar surface area (TPSA) is 66.8 Å². The first-order valence-electron chi connectivity index (χ1n) is 13.3. The predicted molar refractivity (Wildman–Crippen MR) is 131 cm³/mol. The van der Waals surface area contributed by atoms with Gasteiger partial charge in [-0.05, 0) is 32.1 Å². The molecule has 0 bridgehead atoms. The smallest absolute Gasteiger partial charge is 0.306 e. The van der Waals surface area contributed by atoms with E-state index in [1.165, 1.54) is 109 Å². The molecule has 4 nitrogen and oxygen atoms in total. The van der Waals surface area contributed by atoms with Gasteiger partial charge in [0.15, 0.2) is 0 Å². The highest BCUT2D eigenvalue weighted by atomic mass is 16.6. The Labute approximate surface area is 192 Å². The lowest BCUT2D eigenvalue weighted by atomic mass is 10.0. The van der Waals surface area contributed by atoms with Crippen molar-refractivity contribution in [2.75, 3.05) is 13.2 Å². The van der Waals surface area contributed by atoms with Crippen LogP contribution in [0.2, 0.25) is 0 Å². The van der Waals surface area contributed by atoms with Crippen LogP contribution >= 0.6 is 0 Å². The molecule has 0 unspecified atom stereocenters. The van der Waals surface area contributed by atoms with Gasteiger partial charge in [0.2, 0.25) is 0 Å². The third-order valence-electron chi connectivity index (χ3n) is 5.85. The monoisotopic (exact) mass is 440 g/mol. The Morgan fingerprint density at radius 3 is 1.45 bits per heavy atom. The van der Waals surface area contributed by atoms with Gasteiger partial charge >= 0.3 is 5.97 Å². The second-order valence-electron chi connectivity index (χ2n) is 8.93. The highest BCUT2D eigenvalue weighted by molar-refractivity contribution is 5.69. The number of aliphatic hydroxyl groups is 2. The molecule has 4 heteroatoms. The summed E-state index contributed by atoms with van der Waals surface area (Å²) in [7, 11) is 0. The summed E-state index contributed by atoms with van der Waals surface area (Å²) in [4.78, 5) is 11.5. The van der Waals surface area contributed by atoms with Gasteiger partial charge in [-0.2, -0.15) is 0 Å². The molecule has 0 spiro atoms. The number of allylic oxidation sites excluding steroid dienone is 2. The van der Waals surface area contributed by atoms with E-state index in [0.717, 1.165) is 12.8 Å². The summed E-state index contributed by atoms with van der Waals surface area (Å²) in [5.41, 5.74) is 0. The van der Waals surface area contributed by atoms with E-state index in [2.05, 4.69) is 19.1 Å². The van der Waals surface area contributed by atoms with Crippen molar-refractivity contribution in [2.24, 2.45) is 0 Å². The average molecular weight is 441 g/mol. The molecule has 0 heterocycles. The number of unbranched alkanes of at least 4 members (excludes halogenated alkanes) is 17. The Hall–Kier alpha value is -0.870. The van der Waals surface area contributed by atoms with E-state index in [4.69, 9.17) is 14.9 Å². The second kappa shape index (κ2) is 25.4. The van der Waals surface area contributed by atoms with Crippen LogP contribution in [-0.4, -0.2) is 35.5 Å². The van der Waals surface area contributed by atoms with Gasteiger partial charge in [0.05, 0.1) is 13.2 Å². The molecule has 0 aliphatic carbocycles. The SMILES string of the molecule is CCCCCCCC/C=C\CCCCCCCCCCCCCC(=O)OC(CO)CO. The van der Waals surface area contributed by atoms with E-state index < -0.39 is 6.10 Å². The molecule has 0 fully saturated rings. The lowest BCUT2D eigenvalue weighted by Gasteiger charge is -2.12. The number of hydrogen-bond donors (Lipinski definition) is 2. The van der Waals surface area contributed by atoms with E-state index in [1.54, 1.807) is 0 Å². The molecule has 0 saturated carbocycles. The standard InChI is InChI=1S/C27H52O4/c1-2-3-4-5-6-7-8-9-10-11-12-13-14-15-16-17-18-19-20-21-22-23-27(30)31-26(24-28)25-29/h9-10,26,28-29H,2-8,11-25H2,1H3/b10-9-. The van der Waals surface area contributed by atoms with Crippen molar-refractivity contribution in [1.29, 1.82) is 0 Å². The number of ether oxygens (including phenoxy) is 1. The Kier molecular flexibility index (Phi) is 24.7. The first-order chi connectivity index (χ1) is 15.2. The maximum Gasteiger partial charge on any atom is 0.306 e. The van der Waals surface area contributed by atoms with Gasteiger partial charge in [-0.3, -0.25) is 4.79 Å². The normalized spacial score (nSPS) is 11.6. The summed E-state index contributed by atoms with van der Waals surface area (Å²) in [5.74, 6) is -0.318. The van der Waals surface area contributed by atoms with E-state index in [9.17, 15) is 4.79 Å². The van der Waals surface area contributed by atoms with E-state index in [1.807, 2.05) is 0 Å². The van der Waals surface area contributed by atoms with Crippen LogP contribution in [0.5, 0.6) is 0 Å². The fourth-order valence-corrected chi connectivity index (χ4v) is 3.78. The molecule has 0 saturated heterocycles. The molecule has 0 aromatic heterocycles. The van der Waals surface area contributed by atoms with Crippen LogP contribution in [0, 0.1) is 0 Å². The average Bonchev–Trinajstić information content (AvgIpc) is 2.78. The summed E-state index contributed by atoms with van der Waals surface area (Å²) in [6, 6.07) is 0. The predicted octanol–water partition coefficient (Wildman–Crippen LogP) is 7.26. The van der Waals surface area contributed by atoms with Gasteiger partial charge < -0.3 is 14.9 Å². The molecule has 0 aliphatic rings. The summed E-state index contributed by atoms with van der Waals surface area (Å²) in [5, 5.41) is 17.8. The first-order valence-corrected chi connectivity index (χ1v) is 13.3. The zero-order valence-electron chi connectivity index (χ0n) is 20.5. The minimum Gasteiger partial charge on any atom is -0.457 e. The Balaban J connectivity index is 3.20. The zero-order valence-corrected chi connectivity index (χ0v) is 20.5. The second-order valence-corrected chi connectivity index (χ2v) is 8.93. The Morgan fingerprint density at radius 2 is 1.03 bits per heavy atom. The Morgan fingerprint density at radius 1 is 0.645 bits per heavy atom. The van der Waals surface area contributed by atoms with Crippen molar-refractivity contribution >= 4 is 5.97 Å². The quantitative estimate of drug-likeness (QED) is 0.0941. The fraction of sp³-hybridized carbons (Fsp3) is 0.889. The summed E-state index contributed by atoms with van der Waals surface area (Å²) < 4.78 is 4.95. The number of hydrogen-bond acceptors (Lipinski definition) is 4. The molecular weight excluding hydrogens is 388 g/mol. The minimum atomic E-state index is -0.765. The highest BCUT2D eigenvalue weighted by Gasteiger charge is 2.11. The van der Waals surface area contributed by atoms with Crippen LogP contribution in [0.15, 0.2) is 12.2 Å². The van der Waals surface area contributed by atoms with Gasteiger partial charge in [-0.25, -0.2) is 0 Å². The summed E-state index contributed by atoms with van der Waals surface area (Å²) in [6.07, 6.45) is 29.0. The summed E-state index contributed by atoms with van der Waals surface area (Å²) in [6.45, 7) is 1.63.